The van der Waals surface area contributed by atoms with Crippen LogP contribution >= 0.6 is 0 Å². The standard InChI is InChI=1S/C22H28N6O2/c1-15-9-19(27(3)25-15)13-23-21(29)11-17-5-7-18(8-6-17)12-22(30)24-14-20-10-16(2)26-28(20)4/h5-10H,11-14H2,1-4H3,(H,23,29)(H,24,30). The van der Waals surface area contributed by atoms with Crippen molar-refractivity contribution in [2.24, 2.45) is 14.1 Å². The fourth-order valence-electron chi connectivity index (χ4n) is 3.31. The Hall–Kier alpha value is -3.42. The number of benzene rings is 1. The van der Waals surface area contributed by atoms with E-state index in [0.29, 0.717) is 25.9 Å². The first-order chi connectivity index (χ1) is 14.3. The summed E-state index contributed by atoms with van der Waals surface area (Å²) in [5.74, 6) is -0.100. The Balaban J connectivity index is 1.44. The van der Waals surface area contributed by atoms with Gasteiger partial charge in [-0.2, -0.15) is 10.2 Å². The summed E-state index contributed by atoms with van der Waals surface area (Å²) >= 11 is 0. The van der Waals surface area contributed by atoms with Crippen LogP contribution in [0.5, 0.6) is 0 Å². The number of carbonyl (C=O) groups excluding carboxylic acids is 2. The first kappa shape index (κ1) is 21.3. The molecule has 2 heterocycles. The van der Waals surface area contributed by atoms with Gasteiger partial charge in [-0.25, -0.2) is 0 Å². The van der Waals surface area contributed by atoms with Crippen molar-refractivity contribution in [3.63, 3.8) is 0 Å². The van der Waals surface area contributed by atoms with Crippen LogP contribution in [0.3, 0.4) is 0 Å². The predicted molar refractivity (Wildman–Crippen MR) is 113 cm³/mol. The number of nitrogens with one attached hydrogen (secondary N) is 2. The number of hydrogen-bond donors (Lipinski definition) is 2. The highest BCUT2D eigenvalue weighted by Gasteiger charge is 2.09. The van der Waals surface area contributed by atoms with Crippen LogP contribution in [-0.4, -0.2) is 31.4 Å². The van der Waals surface area contributed by atoms with Gasteiger partial charge in [0.2, 0.25) is 11.8 Å². The number of nitrogens with zero attached hydrogens (tertiary/aromatic N) is 4. The summed E-state index contributed by atoms with van der Waals surface area (Å²) in [7, 11) is 3.72. The molecule has 0 radical (unpaired) electrons. The summed E-state index contributed by atoms with van der Waals surface area (Å²) < 4.78 is 3.54. The average molecular weight is 409 g/mol. The van der Waals surface area contributed by atoms with Gasteiger partial charge in [-0.15, -0.1) is 0 Å². The number of rotatable bonds is 8. The molecule has 2 N–H and O–H groups in total. The van der Waals surface area contributed by atoms with Crippen LogP contribution in [0.1, 0.15) is 33.9 Å². The van der Waals surface area contributed by atoms with Crippen molar-refractivity contribution in [3.8, 4) is 0 Å². The molecular formula is C22H28N6O2. The van der Waals surface area contributed by atoms with Crippen LogP contribution in [0.15, 0.2) is 36.4 Å². The van der Waals surface area contributed by atoms with Gasteiger partial charge in [-0.05, 0) is 37.1 Å². The first-order valence-corrected chi connectivity index (χ1v) is 9.90. The van der Waals surface area contributed by atoms with E-state index >= 15 is 0 Å². The van der Waals surface area contributed by atoms with Gasteiger partial charge >= 0.3 is 0 Å². The monoisotopic (exact) mass is 408 g/mol. The number of aryl methyl sites for hydroxylation is 4. The zero-order valence-electron chi connectivity index (χ0n) is 17.9. The molecule has 30 heavy (non-hydrogen) atoms. The molecule has 0 aliphatic carbocycles. The highest BCUT2D eigenvalue weighted by molar-refractivity contribution is 5.79. The molecular weight excluding hydrogens is 380 g/mol. The van der Waals surface area contributed by atoms with Crippen LogP contribution in [0, 0.1) is 13.8 Å². The molecule has 0 atom stereocenters. The molecule has 0 bridgehead atoms. The Kier molecular flexibility index (Phi) is 6.66. The number of hydrogen-bond acceptors (Lipinski definition) is 4. The molecule has 0 spiro atoms. The first-order valence-electron chi connectivity index (χ1n) is 9.90. The molecule has 3 aromatic rings. The maximum Gasteiger partial charge on any atom is 0.224 e. The van der Waals surface area contributed by atoms with E-state index in [2.05, 4.69) is 20.8 Å². The minimum atomic E-state index is -0.0502. The van der Waals surface area contributed by atoms with Gasteiger partial charge in [0.1, 0.15) is 0 Å². The van der Waals surface area contributed by atoms with Gasteiger partial charge in [-0.3, -0.25) is 19.0 Å². The van der Waals surface area contributed by atoms with Crippen LogP contribution in [-0.2, 0) is 49.6 Å². The van der Waals surface area contributed by atoms with Crippen molar-refractivity contribution in [2.45, 2.75) is 39.8 Å². The predicted octanol–water partition coefficient (Wildman–Crippen LogP) is 1.49. The summed E-state index contributed by atoms with van der Waals surface area (Å²) in [6.07, 6.45) is 0.590. The van der Waals surface area contributed by atoms with Crippen molar-refractivity contribution >= 4 is 11.8 Å². The number of aromatic nitrogens is 4. The second-order valence-electron chi connectivity index (χ2n) is 7.52. The highest BCUT2D eigenvalue weighted by Crippen LogP contribution is 2.08. The van der Waals surface area contributed by atoms with Gasteiger partial charge < -0.3 is 10.6 Å². The number of carbonyl (C=O) groups is 2. The average Bonchev–Trinajstić information content (AvgIpc) is 3.19. The summed E-state index contributed by atoms with van der Waals surface area (Å²) in [4.78, 5) is 24.4. The maximum absolute atomic E-state index is 12.2. The van der Waals surface area contributed by atoms with E-state index in [1.165, 1.54) is 0 Å². The molecule has 0 aliphatic heterocycles. The van der Waals surface area contributed by atoms with E-state index in [0.717, 1.165) is 33.9 Å². The lowest BCUT2D eigenvalue weighted by Gasteiger charge is -2.08. The number of amides is 2. The zero-order valence-corrected chi connectivity index (χ0v) is 17.9. The third kappa shape index (κ3) is 5.79. The van der Waals surface area contributed by atoms with E-state index < -0.39 is 0 Å². The maximum atomic E-state index is 12.2. The molecule has 1 aromatic carbocycles. The lowest BCUT2D eigenvalue weighted by molar-refractivity contribution is -0.121. The second-order valence-corrected chi connectivity index (χ2v) is 7.52. The second kappa shape index (κ2) is 9.39. The van der Waals surface area contributed by atoms with Crippen molar-refractivity contribution in [1.82, 2.24) is 30.2 Å². The van der Waals surface area contributed by atoms with Crippen molar-refractivity contribution in [2.75, 3.05) is 0 Å². The topological polar surface area (TPSA) is 93.8 Å². The van der Waals surface area contributed by atoms with Crippen LogP contribution in [0.4, 0.5) is 0 Å². The van der Waals surface area contributed by atoms with Crippen LogP contribution < -0.4 is 10.6 Å². The Morgan fingerprint density at radius 1 is 0.767 bits per heavy atom. The van der Waals surface area contributed by atoms with Gasteiger partial charge in [0.25, 0.3) is 0 Å². The molecule has 0 fully saturated rings. The van der Waals surface area contributed by atoms with Crippen LogP contribution in [0.25, 0.3) is 0 Å². The smallest absolute Gasteiger partial charge is 0.224 e. The third-order valence-electron chi connectivity index (χ3n) is 4.88. The quantitative estimate of drug-likeness (QED) is 0.591. The minimum Gasteiger partial charge on any atom is -0.350 e. The van der Waals surface area contributed by atoms with E-state index in [9.17, 15) is 9.59 Å². The van der Waals surface area contributed by atoms with E-state index in [1.807, 2.05) is 64.3 Å². The van der Waals surface area contributed by atoms with E-state index in [4.69, 9.17) is 0 Å². The molecule has 0 saturated heterocycles. The van der Waals surface area contributed by atoms with Crippen molar-refractivity contribution < 1.29 is 9.59 Å². The Morgan fingerprint density at radius 3 is 1.43 bits per heavy atom. The van der Waals surface area contributed by atoms with Gasteiger partial charge in [0, 0.05) is 14.1 Å². The van der Waals surface area contributed by atoms with Crippen molar-refractivity contribution in [1.29, 1.82) is 0 Å². The molecule has 8 nitrogen and oxygen atoms in total. The zero-order chi connectivity index (χ0) is 21.7. The summed E-state index contributed by atoms with van der Waals surface area (Å²) in [5.41, 5.74) is 5.59. The fraction of sp³-hybridized carbons (Fsp3) is 0.364. The Bertz CT molecular complexity index is 949. The summed E-state index contributed by atoms with van der Waals surface area (Å²) in [6.45, 7) is 4.75. The molecule has 158 valence electrons. The van der Waals surface area contributed by atoms with Gasteiger partial charge in [-0.1, -0.05) is 24.3 Å². The lowest BCUT2D eigenvalue weighted by Crippen LogP contribution is -2.26. The fourth-order valence-corrected chi connectivity index (χ4v) is 3.31. The minimum absolute atomic E-state index is 0.0502. The molecule has 0 saturated carbocycles. The SMILES string of the molecule is Cc1cc(CNC(=O)Cc2ccc(CC(=O)NCc3cc(C)nn3C)cc2)n(C)n1. The lowest BCUT2D eigenvalue weighted by atomic mass is 10.1. The molecule has 0 unspecified atom stereocenters. The highest BCUT2D eigenvalue weighted by atomic mass is 16.2. The largest absolute Gasteiger partial charge is 0.350 e. The van der Waals surface area contributed by atoms with E-state index in [1.54, 1.807) is 9.36 Å². The molecule has 2 amide bonds. The molecule has 3 rings (SSSR count). The molecule has 8 heteroatoms. The van der Waals surface area contributed by atoms with Gasteiger partial charge in [0.05, 0.1) is 48.7 Å². The van der Waals surface area contributed by atoms with Gasteiger partial charge in [0.15, 0.2) is 0 Å². The summed E-state index contributed by atoms with van der Waals surface area (Å²) in [5, 5.41) is 14.4. The molecule has 0 aliphatic rings. The summed E-state index contributed by atoms with van der Waals surface area (Å²) in [6, 6.07) is 11.5. The van der Waals surface area contributed by atoms with Crippen LogP contribution in [0.2, 0.25) is 0 Å². The third-order valence-corrected chi connectivity index (χ3v) is 4.88. The normalized spacial score (nSPS) is 10.8. The Morgan fingerprint density at radius 2 is 1.13 bits per heavy atom. The Labute approximate surface area is 176 Å². The van der Waals surface area contributed by atoms with Crippen molar-refractivity contribution in [3.05, 3.63) is 70.3 Å². The van der Waals surface area contributed by atoms with E-state index in [-0.39, 0.29) is 11.8 Å². The molecule has 2 aromatic heterocycles.